The van der Waals surface area contributed by atoms with Crippen molar-refractivity contribution in [3.05, 3.63) is 23.4 Å². The molecule has 98 valence electrons. The lowest BCUT2D eigenvalue weighted by molar-refractivity contribution is -0.137. The van der Waals surface area contributed by atoms with E-state index in [2.05, 4.69) is 4.98 Å². The Morgan fingerprint density at radius 2 is 2.06 bits per heavy atom. The topological polar surface area (TPSA) is 33.2 Å². The molecule has 0 spiro atoms. The number of carbonyl (C=O) groups excluding carboxylic acids is 1. The van der Waals surface area contributed by atoms with Crippen LogP contribution in [0.15, 0.2) is 12.1 Å². The van der Waals surface area contributed by atoms with Crippen molar-refractivity contribution in [1.82, 2.24) is 4.98 Å². The van der Waals surface area contributed by atoms with Crippen LogP contribution in [0.25, 0.3) is 0 Å². The van der Waals surface area contributed by atoms with E-state index in [1.807, 2.05) is 6.92 Å². The lowest BCUT2D eigenvalue weighted by Crippen LogP contribution is -2.31. The zero-order valence-corrected chi connectivity index (χ0v) is 10.1. The fourth-order valence-electron chi connectivity index (χ4n) is 2.12. The normalized spacial score (nSPS) is 20.6. The van der Waals surface area contributed by atoms with E-state index in [4.69, 9.17) is 0 Å². The van der Waals surface area contributed by atoms with Gasteiger partial charge in [-0.2, -0.15) is 13.2 Å². The third kappa shape index (κ3) is 2.32. The summed E-state index contributed by atoms with van der Waals surface area (Å²) < 4.78 is 38.1. The summed E-state index contributed by atoms with van der Waals surface area (Å²) in [6, 6.07) is 1.81. The summed E-state index contributed by atoms with van der Waals surface area (Å²) >= 11 is 0. The Hall–Kier alpha value is -1.59. The van der Waals surface area contributed by atoms with Crippen molar-refractivity contribution in [3.8, 4) is 0 Å². The molecule has 1 saturated heterocycles. The largest absolute Gasteiger partial charge is 0.416 e. The van der Waals surface area contributed by atoms with Gasteiger partial charge in [0.25, 0.3) is 0 Å². The predicted molar refractivity (Wildman–Crippen MR) is 60.2 cm³/mol. The Morgan fingerprint density at radius 1 is 1.39 bits per heavy atom. The van der Waals surface area contributed by atoms with Gasteiger partial charge in [-0.25, -0.2) is 4.98 Å². The molecular weight excluding hydrogens is 245 g/mol. The number of alkyl halides is 3. The van der Waals surface area contributed by atoms with Crippen LogP contribution in [-0.2, 0) is 11.0 Å². The third-order valence-corrected chi connectivity index (χ3v) is 3.00. The van der Waals surface area contributed by atoms with Crippen molar-refractivity contribution in [2.75, 3.05) is 4.90 Å². The van der Waals surface area contributed by atoms with Gasteiger partial charge in [0, 0.05) is 18.2 Å². The van der Waals surface area contributed by atoms with Gasteiger partial charge in [-0.3, -0.25) is 9.69 Å². The van der Waals surface area contributed by atoms with Gasteiger partial charge in [-0.15, -0.1) is 0 Å². The van der Waals surface area contributed by atoms with Gasteiger partial charge < -0.3 is 0 Å². The number of anilines is 1. The SMILES string of the molecule is Cc1cc(C(F)(F)F)cc(N2C(=O)CCC2C)n1. The Balaban J connectivity index is 2.45. The number of amides is 1. The highest BCUT2D eigenvalue weighted by Gasteiger charge is 2.34. The summed E-state index contributed by atoms with van der Waals surface area (Å²) in [6.07, 6.45) is -3.41. The molecule has 1 amide bonds. The molecule has 18 heavy (non-hydrogen) atoms. The van der Waals surface area contributed by atoms with Crippen LogP contribution in [0.5, 0.6) is 0 Å². The highest BCUT2D eigenvalue weighted by atomic mass is 19.4. The smallest absolute Gasteiger partial charge is 0.294 e. The summed E-state index contributed by atoms with van der Waals surface area (Å²) in [5, 5.41) is 0. The number of carbonyl (C=O) groups is 1. The maximum atomic E-state index is 12.7. The maximum Gasteiger partial charge on any atom is 0.416 e. The summed E-state index contributed by atoms with van der Waals surface area (Å²) in [7, 11) is 0. The van der Waals surface area contributed by atoms with Crippen LogP contribution >= 0.6 is 0 Å². The first kappa shape index (κ1) is 12.9. The molecule has 0 aliphatic carbocycles. The van der Waals surface area contributed by atoms with Gasteiger partial charge >= 0.3 is 6.18 Å². The maximum absolute atomic E-state index is 12.7. The van der Waals surface area contributed by atoms with E-state index in [0.29, 0.717) is 12.8 Å². The monoisotopic (exact) mass is 258 g/mol. The summed E-state index contributed by atoms with van der Waals surface area (Å²) in [4.78, 5) is 17.0. The van der Waals surface area contributed by atoms with Gasteiger partial charge in [0.05, 0.1) is 5.56 Å². The molecule has 1 unspecified atom stereocenters. The van der Waals surface area contributed by atoms with Crippen molar-refractivity contribution in [2.45, 2.75) is 38.9 Å². The van der Waals surface area contributed by atoms with Crippen LogP contribution in [0.3, 0.4) is 0 Å². The van der Waals surface area contributed by atoms with Gasteiger partial charge in [-0.1, -0.05) is 0 Å². The number of pyridine rings is 1. The molecule has 1 fully saturated rings. The molecule has 1 aromatic rings. The number of aromatic nitrogens is 1. The van der Waals surface area contributed by atoms with Gasteiger partial charge in [0.15, 0.2) is 0 Å². The molecule has 2 rings (SSSR count). The predicted octanol–water partition coefficient (Wildman–Crippen LogP) is 2.92. The van der Waals surface area contributed by atoms with Gasteiger partial charge in [-0.05, 0) is 32.4 Å². The standard InChI is InChI=1S/C12H13F3N2O/c1-7-5-9(12(13,14)15)6-10(16-7)17-8(2)3-4-11(17)18/h5-6,8H,3-4H2,1-2H3. The Morgan fingerprint density at radius 3 is 2.56 bits per heavy atom. The quantitative estimate of drug-likeness (QED) is 0.776. The van der Waals surface area contributed by atoms with Crippen LogP contribution in [0.2, 0.25) is 0 Å². The first-order chi connectivity index (χ1) is 8.29. The van der Waals surface area contributed by atoms with E-state index in [1.54, 1.807) is 0 Å². The molecular formula is C12H13F3N2O. The fourth-order valence-corrected chi connectivity index (χ4v) is 2.12. The summed E-state index contributed by atoms with van der Waals surface area (Å²) in [5.74, 6) is -0.0777. The van der Waals surface area contributed by atoms with E-state index in [9.17, 15) is 18.0 Å². The molecule has 6 heteroatoms. The van der Waals surface area contributed by atoms with E-state index in [1.165, 1.54) is 11.8 Å². The Kier molecular flexibility index (Phi) is 3.04. The second-order valence-corrected chi connectivity index (χ2v) is 4.50. The number of aryl methyl sites for hydroxylation is 1. The van der Waals surface area contributed by atoms with Crippen molar-refractivity contribution in [2.24, 2.45) is 0 Å². The first-order valence-corrected chi connectivity index (χ1v) is 5.67. The van der Waals surface area contributed by atoms with Crippen LogP contribution in [0.1, 0.15) is 31.0 Å². The molecule has 0 radical (unpaired) electrons. The molecule has 3 nitrogen and oxygen atoms in total. The minimum Gasteiger partial charge on any atom is -0.294 e. The van der Waals surface area contributed by atoms with E-state index in [0.717, 1.165) is 12.1 Å². The number of rotatable bonds is 1. The minimum absolute atomic E-state index is 0.0947. The van der Waals surface area contributed by atoms with E-state index in [-0.39, 0.29) is 23.5 Å². The van der Waals surface area contributed by atoms with Gasteiger partial charge in [0.2, 0.25) is 5.91 Å². The second kappa shape index (κ2) is 4.26. The average molecular weight is 258 g/mol. The third-order valence-electron chi connectivity index (χ3n) is 3.00. The molecule has 1 atom stereocenters. The first-order valence-electron chi connectivity index (χ1n) is 5.67. The number of nitrogens with zero attached hydrogens (tertiary/aromatic N) is 2. The van der Waals surface area contributed by atoms with E-state index >= 15 is 0 Å². The molecule has 1 aliphatic heterocycles. The lowest BCUT2D eigenvalue weighted by Gasteiger charge is -2.22. The lowest BCUT2D eigenvalue weighted by atomic mass is 10.2. The molecule has 0 N–H and O–H groups in total. The Labute approximate surface area is 103 Å². The van der Waals surface area contributed by atoms with Crippen LogP contribution in [0, 0.1) is 6.92 Å². The molecule has 0 saturated carbocycles. The van der Waals surface area contributed by atoms with Gasteiger partial charge in [0.1, 0.15) is 5.82 Å². The highest BCUT2D eigenvalue weighted by Crippen LogP contribution is 2.33. The van der Waals surface area contributed by atoms with Crippen molar-refractivity contribution in [1.29, 1.82) is 0 Å². The summed E-state index contributed by atoms with van der Waals surface area (Å²) in [6.45, 7) is 3.30. The zero-order valence-electron chi connectivity index (χ0n) is 10.1. The molecule has 2 heterocycles. The van der Waals surface area contributed by atoms with Crippen LogP contribution in [-0.4, -0.2) is 16.9 Å². The van der Waals surface area contributed by atoms with E-state index < -0.39 is 11.7 Å². The number of hydrogen-bond acceptors (Lipinski definition) is 2. The van der Waals surface area contributed by atoms with Crippen molar-refractivity contribution < 1.29 is 18.0 Å². The average Bonchev–Trinajstić information content (AvgIpc) is 2.56. The number of halogens is 3. The molecule has 0 bridgehead atoms. The zero-order chi connectivity index (χ0) is 13.5. The van der Waals surface area contributed by atoms with Crippen LogP contribution in [0.4, 0.5) is 19.0 Å². The Bertz CT molecular complexity index is 485. The minimum atomic E-state index is -4.42. The van der Waals surface area contributed by atoms with Crippen molar-refractivity contribution in [3.63, 3.8) is 0 Å². The molecule has 1 aliphatic rings. The molecule has 0 aromatic carbocycles. The highest BCUT2D eigenvalue weighted by molar-refractivity contribution is 5.95. The second-order valence-electron chi connectivity index (χ2n) is 4.50. The number of hydrogen-bond donors (Lipinski definition) is 0. The molecule has 1 aromatic heterocycles. The van der Waals surface area contributed by atoms with Crippen LogP contribution < -0.4 is 4.90 Å². The summed E-state index contributed by atoms with van der Waals surface area (Å²) in [5.41, 5.74) is -0.511. The van der Waals surface area contributed by atoms with Crippen molar-refractivity contribution >= 4 is 11.7 Å². The fraction of sp³-hybridized carbons (Fsp3) is 0.500.